The van der Waals surface area contributed by atoms with Crippen molar-refractivity contribution in [3.05, 3.63) is 35.6 Å². The van der Waals surface area contributed by atoms with Crippen molar-refractivity contribution in [1.82, 2.24) is 4.31 Å². The Morgan fingerprint density at radius 1 is 1.16 bits per heavy atom. The minimum atomic E-state index is -4.62. The van der Waals surface area contributed by atoms with E-state index in [4.69, 9.17) is 0 Å². The molecule has 1 atom stereocenters. The Hall–Kier alpha value is -1.20. The quantitative estimate of drug-likeness (QED) is 0.723. The van der Waals surface area contributed by atoms with Gasteiger partial charge in [0.1, 0.15) is 5.82 Å². The molecule has 1 heterocycles. The second kappa shape index (κ2) is 7.20. The minimum Gasteiger partial charge on any atom is -0.228 e. The molecule has 1 unspecified atom stereocenters. The normalized spacial score (nSPS) is 22.5. The fourth-order valence-electron chi connectivity index (χ4n) is 2.66. The highest BCUT2D eigenvalue weighted by molar-refractivity contribution is 7.92. The van der Waals surface area contributed by atoms with Crippen LogP contribution in [0.25, 0.3) is 0 Å². The lowest BCUT2D eigenvalue weighted by molar-refractivity contribution is -0.130. The molecule has 1 saturated heterocycles. The molecule has 0 bridgehead atoms. The SMILES string of the molecule is O=S1(=O)CCN(S(=O)(=O)CCC(F)(F)F)CCC1c1ccccc1F. The summed E-state index contributed by atoms with van der Waals surface area (Å²) in [7, 11) is -8.09. The van der Waals surface area contributed by atoms with Crippen LogP contribution in [0.5, 0.6) is 0 Å². The highest BCUT2D eigenvalue weighted by atomic mass is 32.2. The second-order valence-electron chi connectivity index (χ2n) is 5.75. The van der Waals surface area contributed by atoms with Crippen molar-refractivity contribution in [2.75, 3.05) is 24.6 Å². The highest BCUT2D eigenvalue weighted by Crippen LogP contribution is 2.32. The van der Waals surface area contributed by atoms with Crippen LogP contribution in [0.4, 0.5) is 17.6 Å². The highest BCUT2D eigenvalue weighted by Gasteiger charge is 2.37. The first-order valence-corrected chi connectivity index (χ1v) is 10.8. The number of rotatable bonds is 4. The fraction of sp³-hybridized carbons (Fsp3) is 0.571. The maximum absolute atomic E-state index is 13.9. The van der Waals surface area contributed by atoms with Gasteiger partial charge in [0, 0.05) is 18.7 Å². The van der Waals surface area contributed by atoms with Crippen LogP contribution < -0.4 is 0 Å². The third kappa shape index (κ3) is 5.14. The Morgan fingerprint density at radius 3 is 2.40 bits per heavy atom. The summed E-state index contributed by atoms with van der Waals surface area (Å²) in [5, 5.41) is -1.23. The molecule has 0 aliphatic carbocycles. The van der Waals surface area contributed by atoms with Crippen molar-refractivity contribution in [1.29, 1.82) is 0 Å². The lowest BCUT2D eigenvalue weighted by Gasteiger charge is -2.20. The van der Waals surface area contributed by atoms with Gasteiger partial charge in [-0.25, -0.2) is 25.5 Å². The molecular weight excluding hydrogens is 386 g/mol. The van der Waals surface area contributed by atoms with Crippen LogP contribution in [0.3, 0.4) is 0 Å². The lowest BCUT2D eigenvalue weighted by atomic mass is 10.1. The zero-order chi connectivity index (χ0) is 18.9. The van der Waals surface area contributed by atoms with Gasteiger partial charge in [-0.2, -0.15) is 13.2 Å². The summed E-state index contributed by atoms with van der Waals surface area (Å²) in [5.74, 6) is -2.43. The molecule has 0 saturated carbocycles. The Morgan fingerprint density at radius 2 is 1.80 bits per heavy atom. The molecule has 1 aromatic rings. The molecule has 11 heteroatoms. The van der Waals surface area contributed by atoms with Gasteiger partial charge in [0.05, 0.1) is 23.2 Å². The average molecular weight is 403 g/mol. The van der Waals surface area contributed by atoms with Crippen molar-refractivity contribution < 1.29 is 34.4 Å². The molecule has 0 N–H and O–H groups in total. The van der Waals surface area contributed by atoms with E-state index in [1.165, 1.54) is 18.2 Å². The third-order valence-electron chi connectivity index (χ3n) is 3.99. The zero-order valence-electron chi connectivity index (χ0n) is 13.0. The molecular formula is C14H17F4NO4S2. The van der Waals surface area contributed by atoms with Crippen molar-refractivity contribution in [3.63, 3.8) is 0 Å². The van der Waals surface area contributed by atoms with E-state index >= 15 is 0 Å². The van der Waals surface area contributed by atoms with E-state index in [2.05, 4.69) is 0 Å². The Kier molecular flexibility index (Phi) is 5.79. The molecule has 0 radical (unpaired) electrons. The monoisotopic (exact) mass is 403 g/mol. The smallest absolute Gasteiger partial charge is 0.228 e. The van der Waals surface area contributed by atoms with Crippen molar-refractivity contribution in [2.24, 2.45) is 0 Å². The number of benzene rings is 1. The van der Waals surface area contributed by atoms with Gasteiger partial charge in [0.2, 0.25) is 10.0 Å². The third-order valence-corrected chi connectivity index (χ3v) is 7.97. The fourth-order valence-corrected chi connectivity index (χ4v) is 6.08. The molecule has 1 aliphatic heterocycles. The van der Waals surface area contributed by atoms with Crippen LogP contribution in [0.1, 0.15) is 23.7 Å². The molecule has 0 aromatic heterocycles. The van der Waals surface area contributed by atoms with E-state index in [0.717, 1.165) is 10.4 Å². The number of nitrogens with zero attached hydrogens (tertiary/aromatic N) is 1. The van der Waals surface area contributed by atoms with Crippen molar-refractivity contribution in [2.45, 2.75) is 24.3 Å². The maximum Gasteiger partial charge on any atom is 0.390 e. The lowest BCUT2D eigenvalue weighted by Crippen LogP contribution is -2.36. The van der Waals surface area contributed by atoms with E-state index < -0.39 is 61.6 Å². The summed E-state index contributed by atoms with van der Waals surface area (Å²) < 4.78 is 100. The van der Waals surface area contributed by atoms with Crippen molar-refractivity contribution >= 4 is 19.9 Å². The van der Waals surface area contributed by atoms with Crippen LogP contribution in [0, 0.1) is 5.82 Å². The summed E-state index contributed by atoms with van der Waals surface area (Å²) in [4.78, 5) is 0. The molecule has 2 rings (SSSR count). The van der Waals surface area contributed by atoms with Gasteiger partial charge < -0.3 is 0 Å². The predicted molar refractivity (Wildman–Crippen MR) is 83.6 cm³/mol. The van der Waals surface area contributed by atoms with Crippen LogP contribution >= 0.6 is 0 Å². The molecule has 1 fully saturated rings. The summed E-state index contributed by atoms with van der Waals surface area (Å²) in [6.07, 6.45) is -6.34. The van der Waals surface area contributed by atoms with Crippen LogP contribution in [-0.4, -0.2) is 51.9 Å². The molecule has 1 aromatic carbocycles. The number of alkyl halides is 3. The number of sulfone groups is 1. The van der Waals surface area contributed by atoms with Gasteiger partial charge in [-0.15, -0.1) is 0 Å². The maximum atomic E-state index is 13.9. The molecule has 0 spiro atoms. The largest absolute Gasteiger partial charge is 0.390 e. The van der Waals surface area contributed by atoms with Gasteiger partial charge in [-0.3, -0.25) is 0 Å². The average Bonchev–Trinajstić information content (AvgIpc) is 2.64. The second-order valence-corrected chi connectivity index (χ2v) is 10.1. The van der Waals surface area contributed by atoms with Gasteiger partial charge in [0.15, 0.2) is 9.84 Å². The van der Waals surface area contributed by atoms with E-state index in [1.54, 1.807) is 0 Å². The van der Waals surface area contributed by atoms with Gasteiger partial charge in [-0.1, -0.05) is 18.2 Å². The van der Waals surface area contributed by atoms with E-state index in [-0.39, 0.29) is 18.5 Å². The number of hydrogen-bond donors (Lipinski definition) is 0. The first-order chi connectivity index (χ1) is 11.4. The van der Waals surface area contributed by atoms with Gasteiger partial charge in [0.25, 0.3) is 0 Å². The molecule has 0 amide bonds. The number of sulfonamides is 1. The minimum absolute atomic E-state index is 0.0583. The number of halogens is 4. The molecule has 1 aliphatic rings. The van der Waals surface area contributed by atoms with E-state index in [1.807, 2.05) is 0 Å². The van der Waals surface area contributed by atoms with E-state index in [9.17, 15) is 34.4 Å². The Balaban J connectivity index is 2.21. The number of hydrogen-bond acceptors (Lipinski definition) is 4. The molecule has 5 nitrogen and oxygen atoms in total. The predicted octanol–water partition coefficient (Wildman–Crippen LogP) is 2.27. The van der Waals surface area contributed by atoms with Crippen LogP contribution in [0.2, 0.25) is 0 Å². The Labute approximate surface area is 143 Å². The molecule has 25 heavy (non-hydrogen) atoms. The zero-order valence-corrected chi connectivity index (χ0v) is 14.7. The van der Waals surface area contributed by atoms with E-state index in [0.29, 0.717) is 0 Å². The van der Waals surface area contributed by atoms with Gasteiger partial charge >= 0.3 is 6.18 Å². The summed E-state index contributed by atoms with van der Waals surface area (Å²) in [5.41, 5.74) is -0.0583. The molecule has 142 valence electrons. The van der Waals surface area contributed by atoms with Crippen molar-refractivity contribution in [3.8, 4) is 0 Å². The van der Waals surface area contributed by atoms with Gasteiger partial charge in [-0.05, 0) is 12.5 Å². The standard InChI is InChI=1S/C14H17F4NO4S2/c15-12-4-2-1-3-11(12)13-5-7-19(8-10-24(13,20)21)25(22,23)9-6-14(16,17)18/h1-4,13H,5-10H2. The first kappa shape index (κ1) is 20.1. The summed E-state index contributed by atoms with van der Waals surface area (Å²) >= 11 is 0. The summed E-state index contributed by atoms with van der Waals surface area (Å²) in [6.45, 7) is -0.716. The Bertz CT molecular complexity index is 821. The topological polar surface area (TPSA) is 71.5 Å². The van der Waals surface area contributed by atoms with Crippen LogP contribution in [-0.2, 0) is 19.9 Å². The summed E-state index contributed by atoms with van der Waals surface area (Å²) in [6, 6.07) is 5.28. The first-order valence-electron chi connectivity index (χ1n) is 7.43. The van der Waals surface area contributed by atoms with Crippen LogP contribution in [0.15, 0.2) is 24.3 Å².